The number of ether oxygens (including phenoxy) is 1. The molecule has 2 aromatic carbocycles. The Morgan fingerprint density at radius 2 is 1.55 bits per heavy atom. The summed E-state index contributed by atoms with van der Waals surface area (Å²) < 4.78 is 13.2. The van der Waals surface area contributed by atoms with Crippen molar-refractivity contribution < 1.29 is 23.9 Å². The zero-order valence-electron chi connectivity index (χ0n) is 30.2. The van der Waals surface area contributed by atoms with Gasteiger partial charge in [-0.1, -0.05) is 127 Å². The summed E-state index contributed by atoms with van der Waals surface area (Å²) in [5.74, 6) is -0.970. The van der Waals surface area contributed by atoms with Crippen LogP contribution >= 0.6 is 0 Å². The quantitative estimate of drug-likeness (QED) is 0.0890. The van der Waals surface area contributed by atoms with E-state index in [2.05, 4.69) is 65.9 Å². The van der Waals surface area contributed by atoms with Gasteiger partial charge < -0.3 is 14.3 Å². The number of carbonyl (C=O) groups excluding carboxylic acids is 1. The normalized spacial score (nSPS) is 22.0. The average molecular weight is 661 g/mol. The monoisotopic (exact) mass is 660 g/mol. The molecule has 4 rings (SSSR count). The van der Waals surface area contributed by atoms with Crippen LogP contribution in [0.25, 0.3) is 11.1 Å². The first-order valence-electron chi connectivity index (χ1n) is 18.2. The van der Waals surface area contributed by atoms with Gasteiger partial charge in [0.2, 0.25) is 0 Å². The highest BCUT2D eigenvalue weighted by atomic mass is 28.4. The van der Waals surface area contributed by atoms with Crippen LogP contribution in [0.3, 0.4) is 0 Å². The van der Waals surface area contributed by atoms with E-state index in [-0.39, 0.29) is 28.4 Å². The maximum absolute atomic E-state index is 13.4. The molecule has 3 atom stereocenters. The van der Waals surface area contributed by atoms with Crippen molar-refractivity contribution in [2.75, 3.05) is 0 Å². The highest BCUT2D eigenvalue weighted by Crippen LogP contribution is 2.48. The van der Waals surface area contributed by atoms with E-state index in [1.54, 1.807) is 0 Å². The predicted octanol–water partition coefficient (Wildman–Crippen LogP) is 11.4. The second kappa shape index (κ2) is 15.7. The average Bonchev–Trinajstić information content (AvgIpc) is 3.34. The van der Waals surface area contributed by atoms with Crippen LogP contribution in [0.5, 0.6) is 0 Å². The van der Waals surface area contributed by atoms with Gasteiger partial charge in [0.05, 0.1) is 5.56 Å². The van der Waals surface area contributed by atoms with Gasteiger partial charge in [0, 0.05) is 11.8 Å². The Balaban J connectivity index is 1.42. The van der Waals surface area contributed by atoms with Gasteiger partial charge >= 0.3 is 11.9 Å². The largest absolute Gasteiger partial charge is 0.479 e. The van der Waals surface area contributed by atoms with Gasteiger partial charge in [-0.3, -0.25) is 0 Å². The van der Waals surface area contributed by atoms with Crippen LogP contribution in [0.2, 0.25) is 18.1 Å². The Labute approximate surface area is 285 Å². The minimum atomic E-state index is -2.32. The number of carboxylic acids is 1. The lowest BCUT2D eigenvalue weighted by Crippen LogP contribution is -2.57. The van der Waals surface area contributed by atoms with E-state index in [9.17, 15) is 14.7 Å². The van der Waals surface area contributed by atoms with Crippen molar-refractivity contribution in [1.82, 2.24) is 0 Å². The molecule has 5 nitrogen and oxygen atoms in total. The van der Waals surface area contributed by atoms with E-state index in [4.69, 9.17) is 9.16 Å². The van der Waals surface area contributed by atoms with Gasteiger partial charge in [0.15, 0.2) is 13.9 Å². The molecule has 0 amide bonds. The number of aliphatic carboxylic acids is 1. The second-order valence-electron chi connectivity index (χ2n) is 15.9. The van der Waals surface area contributed by atoms with Crippen molar-refractivity contribution in [2.45, 2.75) is 148 Å². The number of carbonyl (C=O) groups is 2. The molecule has 47 heavy (non-hydrogen) atoms. The molecule has 0 heterocycles. The predicted molar refractivity (Wildman–Crippen MR) is 195 cm³/mol. The molecule has 6 heteroatoms. The van der Waals surface area contributed by atoms with Crippen molar-refractivity contribution in [3.63, 3.8) is 0 Å². The zero-order valence-corrected chi connectivity index (χ0v) is 31.2. The third kappa shape index (κ3) is 8.67. The molecule has 1 saturated carbocycles. The summed E-state index contributed by atoms with van der Waals surface area (Å²) in [5, 5.41) is 10.7. The molecule has 1 fully saturated rings. The Bertz CT molecular complexity index is 1350. The third-order valence-corrected chi connectivity index (χ3v) is 16.1. The first-order chi connectivity index (χ1) is 22.2. The van der Waals surface area contributed by atoms with Crippen molar-refractivity contribution in [3.05, 3.63) is 71.8 Å². The van der Waals surface area contributed by atoms with E-state index in [1.807, 2.05) is 42.5 Å². The van der Waals surface area contributed by atoms with Crippen LogP contribution in [0, 0.1) is 11.3 Å². The Hall–Kier alpha value is -2.70. The zero-order chi connectivity index (χ0) is 34.3. The highest BCUT2D eigenvalue weighted by Gasteiger charge is 2.53. The smallest absolute Gasteiger partial charge is 0.338 e. The lowest BCUT2D eigenvalue weighted by molar-refractivity contribution is -0.165. The van der Waals surface area contributed by atoms with Crippen LogP contribution in [-0.2, 0) is 14.0 Å². The Morgan fingerprint density at radius 3 is 2.15 bits per heavy atom. The van der Waals surface area contributed by atoms with E-state index >= 15 is 0 Å². The maximum atomic E-state index is 13.4. The summed E-state index contributed by atoms with van der Waals surface area (Å²) in [6.07, 6.45) is 14.3. The van der Waals surface area contributed by atoms with Crippen molar-refractivity contribution >= 4 is 20.3 Å². The first kappa shape index (κ1) is 37.1. The Morgan fingerprint density at radius 1 is 0.915 bits per heavy atom. The molecule has 258 valence electrons. The molecule has 0 aromatic heterocycles. The summed E-state index contributed by atoms with van der Waals surface area (Å²) in [7, 11) is -2.32. The summed E-state index contributed by atoms with van der Waals surface area (Å²) in [6, 6.07) is 17.9. The minimum absolute atomic E-state index is 0.0577. The van der Waals surface area contributed by atoms with Gasteiger partial charge in [0.25, 0.3) is 0 Å². The van der Waals surface area contributed by atoms with Crippen LogP contribution < -0.4 is 0 Å². The molecule has 2 aromatic rings. The molecular weight excluding hydrogens is 601 g/mol. The van der Waals surface area contributed by atoms with Crippen LogP contribution in [-0.4, -0.2) is 37.1 Å². The molecule has 0 radical (unpaired) electrons. The molecule has 0 bridgehead atoms. The fraction of sp³-hybridized carbons (Fsp3) is 0.610. The van der Waals surface area contributed by atoms with Crippen LogP contribution in [0.1, 0.15) is 128 Å². The molecule has 0 spiro atoms. The number of esters is 1. The van der Waals surface area contributed by atoms with Gasteiger partial charge in [-0.2, -0.15) is 0 Å². The van der Waals surface area contributed by atoms with Crippen LogP contribution in [0.15, 0.2) is 66.2 Å². The number of benzene rings is 2. The fourth-order valence-electron chi connectivity index (χ4n) is 7.63. The van der Waals surface area contributed by atoms with Gasteiger partial charge in [-0.05, 0) is 85.8 Å². The molecule has 0 aliphatic heterocycles. The van der Waals surface area contributed by atoms with Gasteiger partial charge in [-0.15, -0.1) is 0 Å². The summed E-state index contributed by atoms with van der Waals surface area (Å²) in [5.41, 5.74) is 2.83. The lowest BCUT2D eigenvalue weighted by Gasteiger charge is -2.48. The fourth-order valence-corrected chi connectivity index (χ4v) is 9.20. The minimum Gasteiger partial charge on any atom is -0.479 e. The van der Waals surface area contributed by atoms with E-state index in [0.29, 0.717) is 12.0 Å². The lowest BCUT2D eigenvalue weighted by atomic mass is 9.73. The molecule has 2 aliphatic rings. The number of carboxylic acid groups (broad SMARTS) is 1. The number of hydrogen-bond donors (Lipinski definition) is 1. The van der Waals surface area contributed by atoms with E-state index < -0.39 is 19.9 Å². The molecule has 0 saturated heterocycles. The van der Waals surface area contributed by atoms with Gasteiger partial charge in [0.1, 0.15) is 6.10 Å². The third-order valence-electron chi connectivity index (χ3n) is 11.6. The molecule has 1 unspecified atom stereocenters. The number of unbranched alkanes of at least 4 members (excludes halogenated alkanes) is 2. The maximum Gasteiger partial charge on any atom is 0.338 e. The van der Waals surface area contributed by atoms with E-state index in [1.165, 1.54) is 12.0 Å². The van der Waals surface area contributed by atoms with E-state index in [0.717, 1.165) is 81.8 Å². The molecule has 2 aliphatic carbocycles. The SMILES string of the molecule is CCCC1=CC[C@H](OC(=O)c2ccc(-c3ccccc3)cc2)[C@]1(C)CCCCCC(O[Si](C)(C)C(C)(C)C)(C(=O)O)C1CCCCC1. The molecular formula is C41H60O5Si. The molecule has 1 N–H and O–H groups in total. The van der Waals surface area contributed by atoms with Crippen molar-refractivity contribution in [1.29, 1.82) is 0 Å². The Kier molecular flexibility index (Phi) is 12.4. The van der Waals surface area contributed by atoms with Crippen molar-refractivity contribution in [3.8, 4) is 11.1 Å². The first-order valence-corrected chi connectivity index (χ1v) is 21.1. The summed E-state index contributed by atoms with van der Waals surface area (Å²) in [4.78, 5) is 26.5. The topological polar surface area (TPSA) is 72.8 Å². The number of hydrogen-bond acceptors (Lipinski definition) is 4. The van der Waals surface area contributed by atoms with Crippen LogP contribution in [0.4, 0.5) is 0 Å². The standard InChI is InChI=1S/C41H60O5Si/c1-8-18-34-27-28-36(45-37(42)33-25-23-32(24-26-33)31-19-12-9-13-20-31)40(34,5)29-16-11-17-30-41(38(43)44,35-21-14-10-15-22-35)46-47(6,7)39(2,3)4/h9,12-13,19-20,23-27,35-36H,8,10-11,14-18,21-22,28-30H2,1-7H3,(H,43,44)/t36-,40+,41?/m0/s1. The summed E-state index contributed by atoms with van der Waals surface area (Å²) in [6.45, 7) is 15.4. The summed E-state index contributed by atoms with van der Waals surface area (Å²) >= 11 is 0. The van der Waals surface area contributed by atoms with Gasteiger partial charge in [-0.25, -0.2) is 9.59 Å². The van der Waals surface area contributed by atoms with Crippen molar-refractivity contribution in [2.24, 2.45) is 11.3 Å². The highest BCUT2D eigenvalue weighted by molar-refractivity contribution is 6.74. The second-order valence-corrected chi connectivity index (χ2v) is 20.6. The number of rotatable bonds is 15.